The smallest absolute Gasteiger partial charge is 0.134 e. The molecule has 0 amide bonds. The number of aromatic nitrogens is 2. The van der Waals surface area contributed by atoms with Gasteiger partial charge in [0.1, 0.15) is 47.8 Å². The van der Waals surface area contributed by atoms with Crippen LogP contribution in [0.3, 0.4) is 0 Å². The molecule has 33 heavy (non-hydrogen) atoms. The standard InChI is InChI=1S/C23H26N2O8/c1-2-25-18(14(9-24-25)11-3-5-12(27)6-4-11)13-7-8-15(28)17(19(13)29)23-22(32)21(31)20(30)16(10-26)33-23/h3-9,16,20-23,26-32H,2,10H2,1H3. The summed E-state index contributed by atoms with van der Waals surface area (Å²) in [5.74, 6) is -0.704. The zero-order valence-electron chi connectivity index (χ0n) is 17.8. The lowest BCUT2D eigenvalue weighted by molar-refractivity contribution is -0.232. The number of hydrogen-bond donors (Lipinski definition) is 7. The van der Waals surface area contributed by atoms with Crippen LogP contribution < -0.4 is 0 Å². The molecule has 1 saturated heterocycles. The van der Waals surface area contributed by atoms with Gasteiger partial charge in [-0.15, -0.1) is 0 Å². The summed E-state index contributed by atoms with van der Waals surface area (Å²) in [5.41, 5.74) is 1.99. The molecule has 2 heterocycles. The summed E-state index contributed by atoms with van der Waals surface area (Å²) in [5, 5.41) is 76.0. The largest absolute Gasteiger partial charge is 0.508 e. The molecule has 1 aromatic heterocycles. The number of hydrogen-bond acceptors (Lipinski definition) is 9. The SMILES string of the molecule is CCn1ncc(-c2ccc(O)cc2)c1-c1ccc(O)c(C2OC(CO)C(O)C(O)C2O)c1O. The maximum Gasteiger partial charge on any atom is 0.134 e. The number of ether oxygens (including phenoxy) is 1. The van der Waals surface area contributed by atoms with Crippen molar-refractivity contribution >= 4 is 0 Å². The summed E-state index contributed by atoms with van der Waals surface area (Å²) in [6.07, 6.45) is -5.93. The Kier molecular flexibility index (Phi) is 6.28. The molecule has 5 unspecified atom stereocenters. The third kappa shape index (κ3) is 3.92. The number of rotatable bonds is 5. The summed E-state index contributed by atoms with van der Waals surface area (Å²) >= 11 is 0. The Bertz CT molecular complexity index is 1130. The Morgan fingerprint density at radius 2 is 1.61 bits per heavy atom. The second kappa shape index (κ2) is 9.00. The van der Waals surface area contributed by atoms with Crippen LogP contribution in [0.15, 0.2) is 42.6 Å². The zero-order valence-corrected chi connectivity index (χ0v) is 17.8. The van der Waals surface area contributed by atoms with E-state index in [1.807, 2.05) is 6.92 Å². The first-order valence-electron chi connectivity index (χ1n) is 10.5. The van der Waals surface area contributed by atoms with Crippen LogP contribution in [0.1, 0.15) is 18.6 Å². The fourth-order valence-electron chi connectivity index (χ4n) is 4.17. The molecule has 7 N–H and O–H groups in total. The highest BCUT2D eigenvalue weighted by Crippen LogP contribution is 2.47. The lowest BCUT2D eigenvalue weighted by atomic mass is 9.88. The lowest BCUT2D eigenvalue weighted by Crippen LogP contribution is -2.55. The molecule has 176 valence electrons. The highest BCUT2D eigenvalue weighted by Gasteiger charge is 2.46. The van der Waals surface area contributed by atoms with Gasteiger partial charge in [0.25, 0.3) is 0 Å². The van der Waals surface area contributed by atoms with Crippen LogP contribution in [0.5, 0.6) is 17.2 Å². The van der Waals surface area contributed by atoms with E-state index >= 15 is 0 Å². The van der Waals surface area contributed by atoms with Gasteiger partial charge in [-0.2, -0.15) is 5.10 Å². The van der Waals surface area contributed by atoms with Crippen LogP contribution in [-0.4, -0.2) is 76.5 Å². The van der Waals surface area contributed by atoms with E-state index in [9.17, 15) is 35.7 Å². The number of aromatic hydroxyl groups is 3. The zero-order chi connectivity index (χ0) is 23.9. The molecule has 0 saturated carbocycles. The Balaban J connectivity index is 1.87. The van der Waals surface area contributed by atoms with Gasteiger partial charge in [-0.1, -0.05) is 12.1 Å². The average Bonchev–Trinajstić information content (AvgIpc) is 3.23. The van der Waals surface area contributed by atoms with Crippen molar-refractivity contribution in [3.63, 3.8) is 0 Å². The molecule has 5 atom stereocenters. The van der Waals surface area contributed by atoms with Gasteiger partial charge in [0.05, 0.1) is 24.1 Å². The number of phenols is 3. The van der Waals surface area contributed by atoms with E-state index in [2.05, 4.69) is 5.10 Å². The second-order valence-electron chi connectivity index (χ2n) is 7.91. The van der Waals surface area contributed by atoms with E-state index in [4.69, 9.17) is 4.74 Å². The molecule has 10 nitrogen and oxygen atoms in total. The fourth-order valence-corrected chi connectivity index (χ4v) is 4.17. The van der Waals surface area contributed by atoms with Crippen molar-refractivity contribution in [1.82, 2.24) is 9.78 Å². The van der Waals surface area contributed by atoms with Gasteiger partial charge in [-0.25, -0.2) is 0 Å². The molecular formula is C23H26N2O8. The lowest BCUT2D eigenvalue weighted by Gasteiger charge is -2.40. The van der Waals surface area contributed by atoms with Gasteiger partial charge in [-0.3, -0.25) is 4.68 Å². The van der Waals surface area contributed by atoms with E-state index in [1.54, 1.807) is 23.0 Å². The minimum atomic E-state index is -1.68. The van der Waals surface area contributed by atoms with Crippen LogP contribution in [-0.2, 0) is 11.3 Å². The van der Waals surface area contributed by atoms with Gasteiger partial charge in [0.15, 0.2) is 0 Å². The molecule has 4 rings (SSSR count). The van der Waals surface area contributed by atoms with Gasteiger partial charge in [-0.05, 0) is 36.8 Å². The van der Waals surface area contributed by atoms with Crippen molar-refractivity contribution in [2.45, 2.75) is 44.0 Å². The number of aliphatic hydroxyl groups excluding tert-OH is 4. The first kappa shape index (κ1) is 23.0. The van der Waals surface area contributed by atoms with E-state index in [1.165, 1.54) is 24.3 Å². The molecule has 10 heteroatoms. The van der Waals surface area contributed by atoms with Gasteiger partial charge in [0, 0.05) is 17.7 Å². The minimum absolute atomic E-state index is 0.0977. The molecule has 1 fully saturated rings. The monoisotopic (exact) mass is 458 g/mol. The van der Waals surface area contributed by atoms with Crippen LogP contribution in [0, 0.1) is 0 Å². The minimum Gasteiger partial charge on any atom is -0.508 e. The third-order valence-corrected chi connectivity index (χ3v) is 5.94. The quantitative estimate of drug-likeness (QED) is 0.293. The van der Waals surface area contributed by atoms with Gasteiger partial charge < -0.3 is 40.5 Å². The summed E-state index contributed by atoms with van der Waals surface area (Å²) in [7, 11) is 0. The normalized spacial score (nSPS) is 25.3. The van der Waals surface area contributed by atoms with E-state index in [-0.39, 0.29) is 16.9 Å². The van der Waals surface area contributed by atoms with Crippen molar-refractivity contribution in [2.75, 3.05) is 6.61 Å². The molecule has 1 aliphatic heterocycles. The summed E-state index contributed by atoms with van der Waals surface area (Å²) in [6, 6.07) is 9.26. The highest BCUT2D eigenvalue weighted by atomic mass is 16.5. The topological polar surface area (TPSA) is 169 Å². The van der Waals surface area contributed by atoms with E-state index < -0.39 is 48.6 Å². The second-order valence-corrected chi connectivity index (χ2v) is 7.91. The first-order valence-corrected chi connectivity index (χ1v) is 10.5. The Labute approximate surface area is 189 Å². The molecule has 0 aliphatic carbocycles. The van der Waals surface area contributed by atoms with Crippen molar-refractivity contribution in [3.8, 4) is 39.6 Å². The van der Waals surface area contributed by atoms with Crippen molar-refractivity contribution in [3.05, 3.63) is 48.2 Å². The van der Waals surface area contributed by atoms with Crippen molar-refractivity contribution in [1.29, 1.82) is 0 Å². The average molecular weight is 458 g/mol. The molecule has 2 aromatic carbocycles. The summed E-state index contributed by atoms with van der Waals surface area (Å²) in [4.78, 5) is 0. The molecule has 3 aromatic rings. The maximum absolute atomic E-state index is 11.2. The predicted octanol–water partition coefficient (Wildman–Crippen LogP) is 0.869. The van der Waals surface area contributed by atoms with Crippen LogP contribution in [0.2, 0.25) is 0 Å². The van der Waals surface area contributed by atoms with Crippen molar-refractivity contribution < 1.29 is 40.5 Å². The molecule has 1 aliphatic rings. The molecular weight excluding hydrogens is 432 g/mol. The molecule has 0 radical (unpaired) electrons. The van der Waals surface area contributed by atoms with E-state index in [0.29, 0.717) is 17.8 Å². The third-order valence-electron chi connectivity index (χ3n) is 5.94. The number of nitrogens with zero attached hydrogens (tertiary/aromatic N) is 2. The Hall–Kier alpha value is -3.15. The number of aliphatic hydroxyl groups is 4. The summed E-state index contributed by atoms with van der Waals surface area (Å²) < 4.78 is 7.20. The highest BCUT2D eigenvalue weighted by molar-refractivity contribution is 5.85. The van der Waals surface area contributed by atoms with E-state index in [0.717, 1.165) is 5.56 Å². The molecule has 0 spiro atoms. The number of aryl methyl sites for hydroxylation is 1. The Morgan fingerprint density at radius 3 is 2.24 bits per heavy atom. The van der Waals surface area contributed by atoms with Crippen molar-refractivity contribution in [2.24, 2.45) is 0 Å². The Morgan fingerprint density at radius 1 is 0.909 bits per heavy atom. The molecule has 0 bridgehead atoms. The summed E-state index contributed by atoms with van der Waals surface area (Å²) in [6.45, 7) is 1.69. The van der Waals surface area contributed by atoms with Crippen LogP contribution in [0.4, 0.5) is 0 Å². The van der Waals surface area contributed by atoms with Gasteiger partial charge in [0.2, 0.25) is 0 Å². The van der Waals surface area contributed by atoms with Gasteiger partial charge >= 0.3 is 0 Å². The van der Waals surface area contributed by atoms with Crippen LogP contribution >= 0.6 is 0 Å². The number of benzene rings is 2. The fraction of sp³-hybridized carbons (Fsp3) is 0.348. The predicted molar refractivity (Wildman–Crippen MR) is 116 cm³/mol. The maximum atomic E-state index is 11.2. The number of phenolic OH excluding ortho intramolecular Hbond substituents is 3. The first-order chi connectivity index (χ1) is 15.8. The van der Waals surface area contributed by atoms with Crippen LogP contribution in [0.25, 0.3) is 22.4 Å².